The van der Waals surface area contributed by atoms with Crippen molar-refractivity contribution in [2.75, 3.05) is 13.1 Å². The second-order valence-corrected chi connectivity index (χ2v) is 5.86. The number of halogens is 2. The Balaban J connectivity index is 2.97. The third kappa shape index (κ3) is 4.84. The number of nitrogens with zero attached hydrogens (tertiary/aromatic N) is 1. The lowest BCUT2D eigenvalue weighted by atomic mass is 10.1. The van der Waals surface area contributed by atoms with Crippen molar-refractivity contribution in [3.8, 4) is 0 Å². The van der Waals surface area contributed by atoms with Crippen molar-refractivity contribution in [3.63, 3.8) is 0 Å². The van der Waals surface area contributed by atoms with Crippen LogP contribution in [-0.2, 0) is 4.79 Å². The lowest BCUT2D eigenvalue weighted by molar-refractivity contribution is -0.137. The van der Waals surface area contributed by atoms with Gasteiger partial charge in [-0.25, -0.2) is 0 Å². The lowest BCUT2D eigenvalue weighted by Gasteiger charge is -2.23. The molecule has 1 N–H and O–H groups in total. The van der Waals surface area contributed by atoms with E-state index in [0.29, 0.717) is 21.6 Å². The number of carboxylic acid groups (broad SMARTS) is 1. The van der Waals surface area contributed by atoms with E-state index in [2.05, 4.69) is 15.9 Å². The summed E-state index contributed by atoms with van der Waals surface area (Å²) in [5.74, 6) is -1.14. The van der Waals surface area contributed by atoms with E-state index in [4.69, 9.17) is 16.7 Å². The van der Waals surface area contributed by atoms with Crippen LogP contribution in [0.4, 0.5) is 0 Å². The first kappa shape index (κ1) is 16.0. The van der Waals surface area contributed by atoms with Gasteiger partial charge in [0.05, 0.1) is 5.02 Å². The van der Waals surface area contributed by atoms with Crippen molar-refractivity contribution in [2.24, 2.45) is 5.92 Å². The van der Waals surface area contributed by atoms with Crippen molar-refractivity contribution >= 4 is 39.4 Å². The molecule has 0 aliphatic rings. The highest BCUT2D eigenvalue weighted by molar-refractivity contribution is 9.10. The molecule has 6 heteroatoms. The molecule has 0 heterocycles. The van der Waals surface area contributed by atoms with Crippen molar-refractivity contribution in [2.45, 2.75) is 13.8 Å². The van der Waals surface area contributed by atoms with Gasteiger partial charge in [0.1, 0.15) is 6.54 Å². The third-order valence-electron chi connectivity index (χ3n) is 2.37. The number of carboxylic acids is 1. The van der Waals surface area contributed by atoms with Gasteiger partial charge in [0.25, 0.3) is 5.91 Å². The topological polar surface area (TPSA) is 57.6 Å². The number of amides is 1. The van der Waals surface area contributed by atoms with E-state index in [1.165, 1.54) is 4.90 Å². The molecule has 0 radical (unpaired) electrons. The lowest BCUT2D eigenvalue weighted by Crippen LogP contribution is -2.38. The number of rotatable bonds is 5. The molecule has 1 amide bonds. The molecule has 1 aromatic rings. The SMILES string of the molecule is CC(C)CN(CC(=O)O)C(=O)c1ccc(Cl)c(Br)c1. The summed E-state index contributed by atoms with van der Waals surface area (Å²) >= 11 is 9.11. The van der Waals surface area contributed by atoms with Crippen LogP contribution >= 0.6 is 27.5 Å². The van der Waals surface area contributed by atoms with E-state index in [9.17, 15) is 9.59 Å². The summed E-state index contributed by atoms with van der Waals surface area (Å²) < 4.78 is 0.611. The van der Waals surface area contributed by atoms with Crippen LogP contribution in [-0.4, -0.2) is 35.0 Å². The Labute approximate surface area is 125 Å². The minimum atomic E-state index is -1.03. The Morgan fingerprint density at radius 1 is 1.42 bits per heavy atom. The van der Waals surface area contributed by atoms with Gasteiger partial charge in [0, 0.05) is 16.6 Å². The van der Waals surface area contributed by atoms with E-state index in [1.54, 1.807) is 18.2 Å². The van der Waals surface area contributed by atoms with Gasteiger partial charge in [-0.2, -0.15) is 0 Å². The van der Waals surface area contributed by atoms with Crippen molar-refractivity contribution in [1.82, 2.24) is 4.90 Å². The Kier molecular flexibility index (Phi) is 5.82. The van der Waals surface area contributed by atoms with E-state index < -0.39 is 5.97 Å². The normalized spacial score (nSPS) is 10.6. The molecule has 0 aliphatic heterocycles. The van der Waals surface area contributed by atoms with E-state index >= 15 is 0 Å². The molecule has 19 heavy (non-hydrogen) atoms. The number of hydrogen-bond acceptors (Lipinski definition) is 2. The van der Waals surface area contributed by atoms with Gasteiger partial charge < -0.3 is 10.0 Å². The average molecular weight is 349 g/mol. The molecule has 0 unspecified atom stereocenters. The van der Waals surface area contributed by atoms with Crippen LogP contribution in [0.1, 0.15) is 24.2 Å². The molecule has 1 rings (SSSR count). The quantitative estimate of drug-likeness (QED) is 0.888. The highest BCUT2D eigenvalue weighted by atomic mass is 79.9. The zero-order chi connectivity index (χ0) is 14.6. The number of carbonyl (C=O) groups excluding carboxylic acids is 1. The molecule has 0 fully saturated rings. The largest absolute Gasteiger partial charge is 0.480 e. The van der Waals surface area contributed by atoms with Crippen LogP contribution < -0.4 is 0 Å². The smallest absolute Gasteiger partial charge is 0.323 e. The summed E-state index contributed by atoms with van der Waals surface area (Å²) in [7, 11) is 0. The maximum absolute atomic E-state index is 12.3. The second kappa shape index (κ2) is 6.91. The standard InChI is InChI=1S/C13H15BrClNO3/c1-8(2)6-16(7-12(17)18)13(19)9-3-4-11(15)10(14)5-9/h3-5,8H,6-7H2,1-2H3,(H,17,18). The molecule has 0 aliphatic carbocycles. The fourth-order valence-electron chi connectivity index (χ4n) is 1.64. The number of carbonyl (C=O) groups is 2. The van der Waals surface area contributed by atoms with Crippen LogP contribution in [0, 0.1) is 5.92 Å². The number of hydrogen-bond donors (Lipinski definition) is 1. The van der Waals surface area contributed by atoms with Gasteiger partial charge in [0.2, 0.25) is 0 Å². The minimum Gasteiger partial charge on any atom is -0.480 e. The number of benzene rings is 1. The van der Waals surface area contributed by atoms with Gasteiger partial charge in [-0.05, 0) is 40.0 Å². The summed E-state index contributed by atoms with van der Waals surface area (Å²) in [4.78, 5) is 24.4. The maximum Gasteiger partial charge on any atom is 0.323 e. The fourth-order valence-corrected chi connectivity index (χ4v) is 2.13. The molecule has 0 bridgehead atoms. The predicted molar refractivity (Wildman–Crippen MR) is 77.5 cm³/mol. The first-order valence-electron chi connectivity index (χ1n) is 5.77. The van der Waals surface area contributed by atoms with Crippen LogP contribution in [0.3, 0.4) is 0 Å². The summed E-state index contributed by atoms with van der Waals surface area (Å²) in [5.41, 5.74) is 0.415. The molecule has 0 spiro atoms. The Morgan fingerprint density at radius 2 is 2.05 bits per heavy atom. The zero-order valence-corrected chi connectivity index (χ0v) is 13.0. The molecule has 1 aromatic carbocycles. The van der Waals surface area contributed by atoms with Gasteiger partial charge >= 0.3 is 5.97 Å². The second-order valence-electron chi connectivity index (χ2n) is 4.60. The van der Waals surface area contributed by atoms with Crippen molar-refractivity contribution in [3.05, 3.63) is 33.3 Å². The van der Waals surface area contributed by atoms with Gasteiger partial charge in [0.15, 0.2) is 0 Å². The van der Waals surface area contributed by atoms with Gasteiger partial charge in [-0.1, -0.05) is 25.4 Å². The van der Waals surface area contributed by atoms with Crippen LogP contribution in [0.15, 0.2) is 22.7 Å². The van der Waals surface area contributed by atoms with Crippen LogP contribution in [0.25, 0.3) is 0 Å². The zero-order valence-electron chi connectivity index (χ0n) is 10.7. The Morgan fingerprint density at radius 3 is 2.53 bits per heavy atom. The van der Waals surface area contributed by atoms with E-state index in [1.807, 2.05) is 13.8 Å². The number of aliphatic carboxylic acids is 1. The average Bonchev–Trinajstić information content (AvgIpc) is 2.29. The highest BCUT2D eigenvalue weighted by Crippen LogP contribution is 2.24. The minimum absolute atomic E-state index is 0.194. The monoisotopic (exact) mass is 347 g/mol. The van der Waals surface area contributed by atoms with E-state index in [0.717, 1.165) is 0 Å². The maximum atomic E-state index is 12.3. The molecule has 0 saturated carbocycles. The fraction of sp³-hybridized carbons (Fsp3) is 0.385. The van der Waals surface area contributed by atoms with E-state index in [-0.39, 0.29) is 18.4 Å². The van der Waals surface area contributed by atoms with Crippen LogP contribution in [0.5, 0.6) is 0 Å². The van der Waals surface area contributed by atoms with Crippen molar-refractivity contribution < 1.29 is 14.7 Å². The molecular weight excluding hydrogens is 334 g/mol. The molecule has 0 atom stereocenters. The summed E-state index contributed by atoms with van der Waals surface area (Å²) in [5, 5.41) is 9.37. The predicted octanol–water partition coefficient (Wildman–Crippen LogP) is 3.29. The summed E-state index contributed by atoms with van der Waals surface area (Å²) in [6.07, 6.45) is 0. The highest BCUT2D eigenvalue weighted by Gasteiger charge is 2.20. The molecule has 104 valence electrons. The first-order valence-corrected chi connectivity index (χ1v) is 6.94. The molecular formula is C13H15BrClNO3. The van der Waals surface area contributed by atoms with Crippen molar-refractivity contribution in [1.29, 1.82) is 0 Å². The third-order valence-corrected chi connectivity index (χ3v) is 3.58. The first-order chi connectivity index (χ1) is 8.81. The molecule has 0 saturated heterocycles. The van der Waals surface area contributed by atoms with Gasteiger partial charge in [-0.3, -0.25) is 9.59 Å². The molecule has 4 nitrogen and oxygen atoms in total. The molecule has 0 aromatic heterocycles. The van der Waals surface area contributed by atoms with Gasteiger partial charge in [-0.15, -0.1) is 0 Å². The summed E-state index contributed by atoms with van der Waals surface area (Å²) in [6, 6.07) is 4.79. The Hall–Kier alpha value is -1.07. The summed E-state index contributed by atoms with van der Waals surface area (Å²) in [6.45, 7) is 3.95. The Bertz CT molecular complexity index is 491. The van der Waals surface area contributed by atoms with Crippen LogP contribution in [0.2, 0.25) is 5.02 Å².